The fourth-order valence-electron chi connectivity index (χ4n) is 3.62. The predicted octanol–water partition coefficient (Wildman–Crippen LogP) is 2.91. The Bertz CT molecular complexity index is 433. The van der Waals surface area contributed by atoms with Gasteiger partial charge in [-0.3, -0.25) is 0 Å². The smallest absolute Gasteiger partial charge is 0.124 e. The van der Waals surface area contributed by atoms with Gasteiger partial charge in [-0.2, -0.15) is 0 Å². The van der Waals surface area contributed by atoms with Gasteiger partial charge in [-0.05, 0) is 49.3 Å². The van der Waals surface area contributed by atoms with E-state index in [0.717, 1.165) is 18.6 Å². The molecule has 1 aromatic rings. The lowest BCUT2D eigenvalue weighted by molar-refractivity contribution is 0.377. The SMILES string of the molecule is COc1ccc2c(c1C1(N)CCCC1)CCC2. The molecule has 0 atom stereocenters. The molecule has 17 heavy (non-hydrogen) atoms. The summed E-state index contributed by atoms with van der Waals surface area (Å²) in [4.78, 5) is 0. The summed E-state index contributed by atoms with van der Waals surface area (Å²) in [6.45, 7) is 0. The molecule has 92 valence electrons. The van der Waals surface area contributed by atoms with Gasteiger partial charge in [0.2, 0.25) is 0 Å². The molecule has 2 heteroatoms. The van der Waals surface area contributed by atoms with E-state index in [-0.39, 0.29) is 5.54 Å². The zero-order valence-corrected chi connectivity index (χ0v) is 10.6. The number of aryl methyl sites for hydroxylation is 1. The van der Waals surface area contributed by atoms with Crippen LogP contribution in [0.2, 0.25) is 0 Å². The molecule has 2 aliphatic rings. The van der Waals surface area contributed by atoms with Gasteiger partial charge in [0, 0.05) is 11.1 Å². The summed E-state index contributed by atoms with van der Waals surface area (Å²) in [5.74, 6) is 1.01. The zero-order chi connectivity index (χ0) is 11.9. The second-order valence-corrected chi connectivity index (χ2v) is 5.50. The molecule has 0 amide bonds. The van der Waals surface area contributed by atoms with Crippen LogP contribution in [0.5, 0.6) is 5.75 Å². The summed E-state index contributed by atoms with van der Waals surface area (Å²) < 4.78 is 5.57. The number of rotatable bonds is 2. The molecule has 0 radical (unpaired) electrons. The number of ether oxygens (including phenoxy) is 1. The number of hydrogen-bond acceptors (Lipinski definition) is 2. The summed E-state index contributed by atoms with van der Waals surface area (Å²) in [6, 6.07) is 4.34. The van der Waals surface area contributed by atoms with Crippen LogP contribution in [0.4, 0.5) is 0 Å². The van der Waals surface area contributed by atoms with Crippen LogP contribution in [-0.4, -0.2) is 7.11 Å². The van der Waals surface area contributed by atoms with Crippen molar-refractivity contribution in [1.29, 1.82) is 0 Å². The van der Waals surface area contributed by atoms with Crippen molar-refractivity contribution in [2.45, 2.75) is 50.5 Å². The molecule has 1 saturated carbocycles. The first-order valence-electron chi connectivity index (χ1n) is 6.73. The van der Waals surface area contributed by atoms with Crippen LogP contribution < -0.4 is 10.5 Å². The van der Waals surface area contributed by atoms with E-state index in [1.54, 1.807) is 7.11 Å². The van der Waals surface area contributed by atoms with E-state index < -0.39 is 0 Å². The van der Waals surface area contributed by atoms with Crippen molar-refractivity contribution >= 4 is 0 Å². The van der Waals surface area contributed by atoms with E-state index in [4.69, 9.17) is 10.5 Å². The van der Waals surface area contributed by atoms with Crippen LogP contribution in [-0.2, 0) is 18.4 Å². The zero-order valence-electron chi connectivity index (χ0n) is 10.6. The highest BCUT2D eigenvalue weighted by atomic mass is 16.5. The molecule has 3 rings (SSSR count). The largest absolute Gasteiger partial charge is 0.496 e. The summed E-state index contributed by atoms with van der Waals surface area (Å²) in [7, 11) is 1.76. The molecule has 1 fully saturated rings. The van der Waals surface area contributed by atoms with E-state index in [1.807, 2.05) is 0 Å². The first-order chi connectivity index (χ1) is 8.24. The van der Waals surface area contributed by atoms with E-state index in [0.29, 0.717) is 0 Å². The summed E-state index contributed by atoms with van der Waals surface area (Å²) in [5.41, 5.74) is 10.8. The summed E-state index contributed by atoms with van der Waals surface area (Å²) in [5, 5.41) is 0. The number of fused-ring (bicyclic) bond motifs is 1. The second kappa shape index (κ2) is 4.02. The van der Waals surface area contributed by atoms with Crippen molar-refractivity contribution in [2.24, 2.45) is 5.73 Å². The minimum absolute atomic E-state index is 0.124. The second-order valence-electron chi connectivity index (χ2n) is 5.50. The highest BCUT2D eigenvalue weighted by Crippen LogP contribution is 2.45. The maximum Gasteiger partial charge on any atom is 0.124 e. The standard InChI is InChI=1S/C15H21NO/c1-17-13-8-7-11-5-4-6-12(11)14(13)15(16)9-2-3-10-15/h7-8H,2-6,9-10,16H2,1H3. The molecule has 0 bridgehead atoms. The quantitative estimate of drug-likeness (QED) is 0.849. The predicted molar refractivity (Wildman–Crippen MR) is 69.4 cm³/mol. The fourth-order valence-corrected chi connectivity index (χ4v) is 3.62. The Morgan fingerprint density at radius 3 is 2.59 bits per heavy atom. The van der Waals surface area contributed by atoms with Crippen LogP contribution in [0.25, 0.3) is 0 Å². The van der Waals surface area contributed by atoms with Crippen LogP contribution in [0, 0.1) is 0 Å². The van der Waals surface area contributed by atoms with E-state index >= 15 is 0 Å². The number of nitrogens with two attached hydrogens (primary N) is 1. The maximum atomic E-state index is 6.65. The molecular formula is C15H21NO. The van der Waals surface area contributed by atoms with Gasteiger partial charge in [0.1, 0.15) is 5.75 Å². The van der Waals surface area contributed by atoms with Crippen molar-refractivity contribution < 1.29 is 4.74 Å². The topological polar surface area (TPSA) is 35.2 Å². The molecule has 0 saturated heterocycles. The summed E-state index contributed by atoms with van der Waals surface area (Å²) in [6.07, 6.45) is 8.39. The van der Waals surface area contributed by atoms with Gasteiger partial charge in [0.25, 0.3) is 0 Å². The van der Waals surface area contributed by atoms with Gasteiger partial charge in [-0.25, -0.2) is 0 Å². The number of benzene rings is 1. The first-order valence-corrected chi connectivity index (χ1v) is 6.73. The minimum atomic E-state index is -0.124. The first kappa shape index (κ1) is 11.1. The highest BCUT2D eigenvalue weighted by molar-refractivity contribution is 5.51. The normalized spacial score (nSPS) is 21.5. The molecule has 0 aromatic heterocycles. The number of methoxy groups -OCH3 is 1. The Labute approximate surface area is 103 Å². The summed E-state index contributed by atoms with van der Waals surface area (Å²) >= 11 is 0. The lowest BCUT2D eigenvalue weighted by atomic mass is 9.84. The molecule has 2 aliphatic carbocycles. The molecule has 0 aliphatic heterocycles. The molecule has 1 aromatic carbocycles. The monoisotopic (exact) mass is 231 g/mol. The van der Waals surface area contributed by atoms with Gasteiger partial charge < -0.3 is 10.5 Å². The molecule has 2 nitrogen and oxygen atoms in total. The maximum absolute atomic E-state index is 6.65. The third-order valence-corrected chi connectivity index (χ3v) is 4.46. The Morgan fingerprint density at radius 1 is 1.12 bits per heavy atom. The Kier molecular flexibility index (Phi) is 2.62. The van der Waals surface area contributed by atoms with Crippen LogP contribution >= 0.6 is 0 Å². The molecular weight excluding hydrogens is 210 g/mol. The van der Waals surface area contributed by atoms with Crippen LogP contribution in [0.1, 0.15) is 48.8 Å². The Hall–Kier alpha value is -1.02. The average molecular weight is 231 g/mol. The molecule has 0 heterocycles. The van der Waals surface area contributed by atoms with Gasteiger partial charge in [-0.1, -0.05) is 18.9 Å². The fraction of sp³-hybridized carbons (Fsp3) is 0.600. The van der Waals surface area contributed by atoms with Crippen LogP contribution in [0.3, 0.4) is 0 Å². The Morgan fingerprint density at radius 2 is 1.88 bits per heavy atom. The molecule has 0 spiro atoms. The van der Waals surface area contributed by atoms with Crippen molar-refractivity contribution in [1.82, 2.24) is 0 Å². The minimum Gasteiger partial charge on any atom is -0.496 e. The van der Waals surface area contributed by atoms with E-state index in [1.165, 1.54) is 48.8 Å². The molecule has 0 unspecified atom stereocenters. The Balaban J connectivity index is 2.16. The van der Waals surface area contributed by atoms with Crippen LogP contribution in [0.15, 0.2) is 12.1 Å². The van der Waals surface area contributed by atoms with E-state index in [2.05, 4.69) is 12.1 Å². The van der Waals surface area contributed by atoms with Gasteiger partial charge in [-0.15, -0.1) is 0 Å². The van der Waals surface area contributed by atoms with Crippen molar-refractivity contribution in [2.75, 3.05) is 7.11 Å². The lowest BCUT2D eigenvalue weighted by Crippen LogP contribution is -2.34. The average Bonchev–Trinajstić information content (AvgIpc) is 2.96. The van der Waals surface area contributed by atoms with E-state index in [9.17, 15) is 0 Å². The van der Waals surface area contributed by atoms with Crippen molar-refractivity contribution in [3.63, 3.8) is 0 Å². The van der Waals surface area contributed by atoms with Gasteiger partial charge in [0.15, 0.2) is 0 Å². The molecule has 2 N–H and O–H groups in total. The third-order valence-electron chi connectivity index (χ3n) is 4.46. The third kappa shape index (κ3) is 1.66. The highest BCUT2D eigenvalue weighted by Gasteiger charge is 2.37. The lowest BCUT2D eigenvalue weighted by Gasteiger charge is -2.29. The number of hydrogen-bond donors (Lipinski definition) is 1. The van der Waals surface area contributed by atoms with Crippen molar-refractivity contribution in [3.8, 4) is 5.75 Å². The van der Waals surface area contributed by atoms with Crippen molar-refractivity contribution in [3.05, 3.63) is 28.8 Å². The van der Waals surface area contributed by atoms with Gasteiger partial charge in [0.05, 0.1) is 7.11 Å². The van der Waals surface area contributed by atoms with Gasteiger partial charge >= 0.3 is 0 Å².